The lowest BCUT2D eigenvalue weighted by Crippen LogP contribution is -2.22. The summed E-state index contributed by atoms with van der Waals surface area (Å²) in [6.07, 6.45) is -1.29. The number of alkyl halides is 3. The molecular weight excluding hydrogens is 309 g/mol. The molecule has 0 atom stereocenters. The highest BCUT2D eigenvalue weighted by atomic mass is 19.4. The number of nitrogens with zero attached hydrogens (tertiary/aromatic N) is 2. The molecule has 0 aliphatic rings. The van der Waals surface area contributed by atoms with E-state index in [0.29, 0.717) is 12.2 Å². The van der Waals surface area contributed by atoms with Crippen LogP contribution in [-0.2, 0) is 6.54 Å². The molecule has 0 radical (unpaired) electrons. The topological polar surface area (TPSA) is 72.5 Å². The molecule has 0 bridgehead atoms. The van der Waals surface area contributed by atoms with Gasteiger partial charge in [0.25, 0.3) is 0 Å². The van der Waals surface area contributed by atoms with Crippen molar-refractivity contribution in [2.45, 2.75) is 19.8 Å². The van der Waals surface area contributed by atoms with Gasteiger partial charge in [-0.05, 0) is 42.3 Å². The minimum absolute atomic E-state index is 0.149. The molecule has 122 valence electrons. The van der Waals surface area contributed by atoms with E-state index in [1.165, 1.54) is 24.3 Å². The molecule has 2 rings (SSSR count). The predicted molar refractivity (Wildman–Crippen MR) is 81.0 cm³/mol. The number of ether oxygens (including phenoxy) is 1. The molecule has 0 spiro atoms. The van der Waals surface area contributed by atoms with Gasteiger partial charge in [-0.1, -0.05) is 6.07 Å². The second kappa shape index (κ2) is 6.99. The van der Waals surface area contributed by atoms with Crippen LogP contribution in [0.15, 0.2) is 47.7 Å². The Morgan fingerprint density at radius 3 is 2.57 bits per heavy atom. The van der Waals surface area contributed by atoms with Crippen molar-refractivity contribution >= 4 is 11.6 Å². The number of nitrogens with two attached hydrogens (primary N) is 1. The van der Waals surface area contributed by atoms with Crippen molar-refractivity contribution in [3.05, 3.63) is 53.9 Å². The molecule has 0 amide bonds. The number of aromatic nitrogens is 1. The molecule has 0 aliphatic heterocycles. The number of benzene rings is 1. The molecule has 0 fully saturated rings. The molecule has 0 aliphatic carbocycles. The number of aryl methyl sites for hydroxylation is 1. The van der Waals surface area contributed by atoms with E-state index < -0.39 is 6.36 Å². The minimum Gasteiger partial charge on any atom is -0.406 e. The predicted octanol–water partition coefficient (Wildman–Crippen LogP) is 3.22. The van der Waals surface area contributed by atoms with E-state index in [1.54, 1.807) is 12.4 Å². The van der Waals surface area contributed by atoms with Gasteiger partial charge in [0.1, 0.15) is 5.75 Å². The summed E-state index contributed by atoms with van der Waals surface area (Å²) in [6, 6.07) is 7.14. The smallest absolute Gasteiger partial charge is 0.406 e. The van der Waals surface area contributed by atoms with Crippen LogP contribution in [0.25, 0.3) is 0 Å². The van der Waals surface area contributed by atoms with Gasteiger partial charge in [-0.25, -0.2) is 4.99 Å². The second-order valence-corrected chi connectivity index (χ2v) is 4.77. The van der Waals surface area contributed by atoms with Gasteiger partial charge in [0.2, 0.25) is 0 Å². The number of hydrogen-bond acceptors (Lipinski definition) is 3. The normalized spacial score (nSPS) is 12.1. The van der Waals surface area contributed by atoms with E-state index in [4.69, 9.17) is 5.73 Å². The number of halogens is 3. The fourth-order valence-corrected chi connectivity index (χ4v) is 1.81. The van der Waals surface area contributed by atoms with E-state index in [1.807, 2.05) is 13.0 Å². The van der Waals surface area contributed by atoms with E-state index in [2.05, 4.69) is 20.0 Å². The van der Waals surface area contributed by atoms with Gasteiger partial charge in [-0.15, -0.1) is 13.2 Å². The fraction of sp³-hybridized carbons (Fsp3) is 0.200. The van der Waals surface area contributed by atoms with Crippen molar-refractivity contribution in [2.75, 3.05) is 5.32 Å². The SMILES string of the molecule is Cc1cncc(CN=C(N)Nc2ccc(OC(F)(F)F)cc2)c1. The van der Waals surface area contributed by atoms with Crippen LogP contribution in [0, 0.1) is 6.92 Å². The van der Waals surface area contributed by atoms with E-state index in [9.17, 15) is 13.2 Å². The molecule has 23 heavy (non-hydrogen) atoms. The monoisotopic (exact) mass is 324 g/mol. The summed E-state index contributed by atoms with van der Waals surface area (Å²) >= 11 is 0. The van der Waals surface area contributed by atoms with Gasteiger partial charge in [0, 0.05) is 18.1 Å². The van der Waals surface area contributed by atoms with Crippen LogP contribution >= 0.6 is 0 Å². The van der Waals surface area contributed by atoms with Crippen LogP contribution in [-0.4, -0.2) is 17.3 Å². The van der Waals surface area contributed by atoms with Crippen molar-refractivity contribution in [2.24, 2.45) is 10.7 Å². The molecule has 1 aromatic carbocycles. The largest absolute Gasteiger partial charge is 0.573 e. The van der Waals surface area contributed by atoms with Crippen LogP contribution in [0.5, 0.6) is 5.75 Å². The summed E-state index contributed by atoms with van der Waals surface area (Å²) in [4.78, 5) is 8.19. The molecule has 3 N–H and O–H groups in total. The molecule has 0 saturated heterocycles. The fourth-order valence-electron chi connectivity index (χ4n) is 1.81. The van der Waals surface area contributed by atoms with Crippen LogP contribution in [0.4, 0.5) is 18.9 Å². The average molecular weight is 324 g/mol. The van der Waals surface area contributed by atoms with Crippen molar-refractivity contribution in [1.29, 1.82) is 0 Å². The van der Waals surface area contributed by atoms with E-state index >= 15 is 0 Å². The summed E-state index contributed by atoms with van der Waals surface area (Å²) in [5, 5.41) is 2.79. The molecule has 5 nitrogen and oxygen atoms in total. The molecule has 2 aromatic rings. The molecule has 8 heteroatoms. The molecule has 1 aromatic heterocycles. The number of guanidine groups is 1. The molecule has 0 saturated carbocycles. The Hall–Kier alpha value is -2.77. The number of nitrogens with one attached hydrogen (secondary N) is 1. The number of pyridine rings is 1. The first-order chi connectivity index (χ1) is 10.8. The Bertz CT molecular complexity index is 684. The lowest BCUT2D eigenvalue weighted by atomic mass is 10.2. The summed E-state index contributed by atoms with van der Waals surface area (Å²) < 4.78 is 40.0. The zero-order chi connectivity index (χ0) is 16.9. The summed E-state index contributed by atoms with van der Waals surface area (Å²) in [5.41, 5.74) is 8.17. The Morgan fingerprint density at radius 1 is 1.26 bits per heavy atom. The van der Waals surface area contributed by atoms with Crippen LogP contribution in [0.3, 0.4) is 0 Å². The molecular formula is C15H15F3N4O. The van der Waals surface area contributed by atoms with Crippen molar-refractivity contribution < 1.29 is 17.9 Å². The maximum Gasteiger partial charge on any atom is 0.573 e. The van der Waals surface area contributed by atoms with E-state index in [0.717, 1.165) is 11.1 Å². The Labute approximate surface area is 131 Å². The van der Waals surface area contributed by atoms with Gasteiger partial charge < -0.3 is 15.8 Å². The third kappa shape index (κ3) is 5.85. The van der Waals surface area contributed by atoms with Crippen LogP contribution in [0.2, 0.25) is 0 Å². The first-order valence-corrected chi connectivity index (χ1v) is 6.65. The lowest BCUT2D eigenvalue weighted by molar-refractivity contribution is -0.274. The first kappa shape index (κ1) is 16.6. The first-order valence-electron chi connectivity index (χ1n) is 6.65. The highest BCUT2D eigenvalue weighted by Gasteiger charge is 2.30. The Balaban J connectivity index is 1.94. The molecule has 0 unspecified atom stereocenters. The third-order valence-corrected chi connectivity index (χ3v) is 2.72. The Kier molecular flexibility index (Phi) is 5.05. The highest BCUT2D eigenvalue weighted by molar-refractivity contribution is 5.92. The van der Waals surface area contributed by atoms with Crippen LogP contribution < -0.4 is 15.8 Å². The van der Waals surface area contributed by atoms with Crippen molar-refractivity contribution in [1.82, 2.24) is 4.98 Å². The second-order valence-electron chi connectivity index (χ2n) is 4.77. The summed E-state index contributed by atoms with van der Waals surface area (Å²) in [5.74, 6) is -0.152. The molecule has 1 heterocycles. The van der Waals surface area contributed by atoms with Gasteiger partial charge in [-0.3, -0.25) is 4.98 Å². The lowest BCUT2D eigenvalue weighted by Gasteiger charge is -2.10. The maximum absolute atomic E-state index is 12.1. The number of aliphatic imine (C=N–C) groups is 1. The minimum atomic E-state index is -4.71. The van der Waals surface area contributed by atoms with Crippen molar-refractivity contribution in [3.63, 3.8) is 0 Å². The average Bonchev–Trinajstić information content (AvgIpc) is 2.46. The van der Waals surface area contributed by atoms with Gasteiger partial charge in [0.15, 0.2) is 5.96 Å². The zero-order valence-corrected chi connectivity index (χ0v) is 12.3. The van der Waals surface area contributed by atoms with Crippen LogP contribution in [0.1, 0.15) is 11.1 Å². The summed E-state index contributed by atoms with van der Waals surface area (Å²) in [6.45, 7) is 2.27. The standard InChI is InChI=1S/C15H15F3N4O/c1-10-6-11(8-20-7-10)9-21-14(19)22-12-2-4-13(5-3-12)23-15(16,17)18/h2-8H,9H2,1H3,(H3,19,21,22). The quantitative estimate of drug-likeness (QED) is 0.669. The number of anilines is 1. The summed E-state index contributed by atoms with van der Waals surface area (Å²) in [7, 11) is 0. The Morgan fingerprint density at radius 2 is 1.96 bits per heavy atom. The number of rotatable bonds is 4. The van der Waals surface area contributed by atoms with Gasteiger partial charge in [0.05, 0.1) is 6.54 Å². The zero-order valence-electron chi connectivity index (χ0n) is 12.3. The maximum atomic E-state index is 12.1. The third-order valence-electron chi connectivity index (χ3n) is 2.72. The van der Waals surface area contributed by atoms with Gasteiger partial charge >= 0.3 is 6.36 Å². The van der Waals surface area contributed by atoms with E-state index in [-0.39, 0.29) is 11.7 Å². The number of hydrogen-bond donors (Lipinski definition) is 2. The van der Waals surface area contributed by atoms with Crippen molar-refractivity contribution in [3.8, 4) is 5.75 Å². The highest BCUT2D eigenvalue weighted by Crippen LogP contribution is 2.23. The van der Waals surface area contributed by atoms with Gasteiger partial charge in [-0.2, -0.15) is 0 Å².